The second-order valence-electron chi connectivity index (χ2n) is 4.43. The third-order valence-electron chi connectivity index (χ3n) is 3.03. The Morgan fingerprint density at radius 1 is 1.50 bits per heavy atom. The molecule has 18 heavy (non-hydrogen) atoms. The number of carbonyl (C=O) groups excluding carboxylic acids is 1. The van der Waals surface area contributed by atoms with E-state index in [4.69, 9.17) is 10.8 Å². The van der Waals surface area contributed by atoms with Crippen molar-refractivity contribution in [2.45, 2.75) is 19.3 Å². The number of carbonyl (C=O) groups is 2. The number of hydrogen-bond acceptors (Lipinski definition) is 4. The molecule has 0 saturated carbocycles. The zero-order valence-electron chi connectivity index (χ0n) is 10.1. The van der Waals surface area contributed by atoms with Gasteiger partial charge in [-0.3, -0.25) is 9.59 Å². The average molecular weight is 249 g/mol. The Morgan fingerprint density at radius 2 is 2.22 bits per heavy atom. The highest BCUT2D eigenvalue weighted by molar-refractivity contribution is 5.98. The maximum Gasteiger partial charge on any atom is 0.323 e. The largest absolute Gasteiger partial charge is 0.480 e. The van der Waals surface area contributed by atoms with Crippen molar-refractivity contribution in [1.29, 1.82) is 0 Å². The number of aromatic nitrogens is 1. The first-order valence-electron chi connectivity index (χ1n) is 5.74. The molecule has 0 unspecified atom stereocenters. The number of anilines is 1. The molecule has 2 rings (SSSR count). The van der Waals surface area contributed by atoms with Gasteiger partial charge in [0.1, 0.15) is 12.4 Å². The van der Waals surface area contributed by atoms with Crippen molar-refractivity contribution < 1.29 is 14.7 Å². The van der Waals surface area contributed by atoms with Crippen LogP contribution in [0.4, 0.5) is 5.82 Å². The molecule has 6 heteroatoms. The Bertz CT molecular complexity index is 514. The molecular formula is C12H15N3O3. The van der Waals surface area contributed by atoms with E-state index in [2.05, 4.69) is 4.98 Å². The van der Waals surface area contributed by atoms with Crippen molar-refractivity contribution >= 4 is 17.7 Å². The smallest absolute Gasteiger partial charge is 0.323 e. The Kier molecular flexibility index (Phi) is 3.18. The number of fused-ring (bicyclic) bond motifs is 1. The molecule has 1 amide bonds. The summed E-state index contributed by atoms with van der Waals surface area (Å²) in [6.07, 6.45) is 2.76. The number of nitrogens with two attached hydrogens (primary N) is 1. The SMILES string of the molecule is CN(CC(=O)O)c1nc2c(cc1C(N)=O)CCC2. The standard InChI is InChI=1S/C12H15N3O3/c1-15(6-10(16)17)12-8(11(13)18)5-7-3-2-4-9(7)14-12/h5H,2-4,6H2,1H3,(H2,13,18)(H,16,17). The molecule has 1 aromatic heterocycles. The number of primary amides is 1. The number of carboxylic acid groups (broad SMARTS) is 1. The fourth-order valence-corrected chi connectivity index (χ4v) is 2.21. The van der Waals surface area contributed by atoms with Crippen LogP contribution in [-0.4, -0.2) is 35.6 Å². The summed E-state index contributed by atoms with van der Waals surface area (Å²) in [5, 5.41) is 8.78. The molecule has 3 N–H and O–H groups in total. The van der Waals surface area contributed by atoms with E-state index in [0.717, 1.165) is 30.5 Å². The average Bonchev–Trinajstić information content (AvgIpc) is 2.72. The topological polar surface area (TPSA) is 96.5 Å². The minimum Gasteiger partial charge on any atom is -0.480 e. The fourth-order valence-electron chi connectivity index (χ4n) is 2.21. The van der Waals surface area contributed by atoms with Crippen LogP contribution in [0.1, 0.15) is 28.0 Å². The van der Waals surface area contributed by atoms with E-state index in [-0.39, 0.29) is 6.54 Å². The summed E-state index contributed by atoms with van der Waals surface area (Å²) < 4.78 is 0. The lowest BCUT2D eigenvalue weighted by Crippen LogP contribution is -2.29. The van der Waals surface area contributed by atoms with Crippen molar-refractivity contribution in [3.8, 4) is 0 Å². The third-order valence-corrected chi connectivity index (χ3v) is 3.03. The van der Waals surface area contributed by atoms with E-state index < -0.39 is 11.9 Å². The highest BCUT2D eigenvalue weighted by Gasteiger charge is 2.21. The molecule has 1 heterocycles. The minimum atomic E-state index is -0.977. The molecule has 0 fully saturated rings. The number of aliphatic carboxylic acids is 1. The van der Waals surface area contributed by atoms with Gasteiger partial charge in [-0.2, -0.15) is 0 Å². The number of rotatable bonds is 4. The van der Waals surface area contributed by atoms with Gasteiger partial charge in [0, 0.05) is 12.7 Å². The summed E-state index contributed by atoms with van der Waals surface area (Å²) in [4.78, 5) is 28.0. The number of likely N-dealkylation sites (N-methyl/N-ethyl adjacent to an activating group) is 1. The summed E-state index contributed by atoms with van der Waals surface area (Å²) in [6, 6.07) is 1.74. The number of carboxylic acids is 1. The minimum absolute atomic E-state index is 0.216. The Balaban J connectivity index is 2.44. The first-order chi connectivity index (χ1) is 8.49. The van der Waals surface area contributed by atoms with E-state index in [0.29, 0.717) is 11.4 Å². The van der Waals surface area contributed by atoms with E-state index in [1.54, 1.807) is 13.1 Å². The first kappa shape index (κ1) is 12.3. The Morgan fingerprint density at radius 3 is 2.83 bits per heavy atom. The Hall–Kier alpha value is -2.11. The molecule has 96 valence electrons. The lowest BCUT2D eigenvalue weighted by atomic mass is 10.1. The molecule has 6 nitrogen and oxygen atoms in total. The quantitative estimate of drug-likeness (QED) is 0.794. The molecule has 0 radical (unpaired) electrons. The van der Waals surface area contributed by atoms with Crippen LogP contribution in [0.3, 0.4) is 0 Å². The van der Waals surface area contributed by atoms with Crippen molar-refractivity contribution in [2.24, 2.45) is 5.73 Å². The summed E-state index contributed by atoms with van der Waals surface area (Å²) in [6.45, 7) is -0.216. The van der Waals surface area contributed by atoms with Gasteiger partial charge >= 0.3 is 5.97 Å². The van der Waals surface area contributed by atoms with Crippen LogP contribution >= 0.6 is 0 Å². The lowest BCUT2D eigenvalue weighted by molar-refractivity contribution is -0.135. The number of aryl methyl sites for hydroxylation is 2. The van der Waals surface area contributed by atoms with Crippen molar-refractivity contribution in [3.05, 3.63) is 22.9 Å². The molecule has 1 aliphatic rings. The number of hydrogen-bond donors (Lipinski definition) is 2. The zero-order chi connectivity index (χ0) is 13.3. The van der Waals surface area contributed by atoms with E-state index in [1.807, 2.05) is 0 Å². The molecule has 1 aliphatic carbocycles. The van der Waals surface area contributed by atoms with E-state index in [1.165, 1.54) is 4.90 Å². The van der Waals surface area contributed by atoms with Crippen LogP contribution < -0.4 is 10.6 Å². The van der Waals surface area contributed by atoms with Gasteiger partial charge in [-0.15, -0.1) is 0 Å². The maximum absolute atomic E-state index is 11.4. The number of pyridine rings is 1. The predicted molar refractivity (Wildman–Crippen MR) is 65.7 cm³/mol. The third kappa shape index (κ3) is 2.27. The van der Waals surface area contributed by atoms with Crippen molar-refractivity contribution in [2.75, 3.05) is 18.5 Å². The molecule has 0 spiro atoms. The van der Waals surface area contributed by atoms with Crippen LogP contribution in [0.15, 0.2) is 6.07 Å². The highest BCUT2D eigenvalue weighted by atomic mass is 16.4. The maximum atomic E-state index is 11.4. The molecule has 0 atom stereocenters. The van der Waals surface area contributed by atoms with Gasteiger partial charge in [0.15, 0.2) is 0 Å². The summed E-state index contributed by atoms with van der Waals surface area (Å²) >= 11 is 0. The summed E-state index contributed by atoms with van der Waals surface area (Å²) in [5.74, 6) is -1.20. The molecule has 1 aromatic rings. The van der Waals surface area contributed by atoms with Crippen LogP contribution in [0, 0.1) is 0 Å². The van der Waals surface area contributed by atoms with Gasteiger partial charge in [-0.25, -0.2) is 4.98 Å². The molecule has 0 aliphatic heterocycles. The number of amides is 1. The molecule has 0 aromatic carbocycles. The fraction of sp³-hybridized carbons (Fsp3) is 0.417. The zero-order valence-corrected chi connectivity index (χ0v) is 10.1. The van der Waals surface area contributed by atoms with Gasteiger partial charge in [0.2, 0.25) is 0 Å². The van der Waals surface area contributed by atoms with Crippen LogP contribution in [0.2, 0.25) is 0 Å². The monoisotopic (exact) mass is 249 g/mol. The molecule has 0 saturated heterocycles. The van der Waals surface area contributed by atoms with Crippen LogP contribution in [0.25, 0.3) is 0 Å². The molecule has 0 bridgehead atoms. The van der Waals surface area contributed by atoms with Crippen molar-refractivity contribution in [3.63, 3.8) is 0 Å². The van der Waals surface area contributed by atoms with Gasteiger partial charge in [-0.1, -0.05) is 0 Å². The van der Waals surface area contributed by atoms with Crippen molar-refractivity contribution in [1.82, 2.24) is 4.98 Å². The highest BCUT2D eigenvalue weighted by Crippen LogP contribution is 2.26. The van der Waals surface area contributed by atoms with Gasteiger partial charge in [-0.05, 0) is 30.9 Å². The van der Waals surface area contributed by atoms with Crippen LogP contribution in [0.5, 0.6) is 0 Å². The van der Waals surface area contributed by atoms with E-state index >= 15 is 0 Å². The predicted octanol–water partition coefficient (Wildman–Crippen LogP) is 0.190. The lowest BCUT2D eigenvalue weighted by Gasteiger charge is -2.19. The van der Waals surface area contributed by atoms with Gasteiger partial charge in [0.05, 0.1) is 5.56 Å². The van der Waals surface area contributed by atoms with E-state index in [9.17, 15) is 9.59 Å². The number of nitrogens with zero attached hydrogens (tertiary/aromatic N) is 2. The molecular weight excluding hydrogens is 234 g/mol. The van der Waals surface area contributed by atoms with Crippen LogP contribution in [-0.2, 0) is 17.6 Å². The summed E-state index contributed by atoms with van der Waals surface area (Å²) in [7, 11) is 1.59. The first-order valence-corrected chi connectivity index (χ1v) is 5.74. The van der Waals surface area contributed by atoms with Gasteiger partial charge in [0.25, 0.3) is 5.91 Å². The van der Waals surface area contributed by atoms with Gasteiger partial charge < -0.3 is 15.7 Å². The summed E-state index contributed by atoms with van der Waals surface area (Å²) in [5.41, 5.74) is 7.59. The Labute approximate surface area is 104 Å². The second kappa shape index (κ2) is 4.64. The normalized spacial score (nSPS) is 13.2. The second-order valence-corrected chi connectivity index (χ2v) is 4.43.